The van der Waals surface area contributed by atoms with Crippen molar-refractivity contribution in [3.63, 3.8) is 0 Å². The number of aryl methyl sites for hydroxylation is 2. The van der Waals surface area contributed by atoms with Crippen LogP contribution in [0.25, 0.3) is 0 Å². The number of benzene rings is 1. The predicted octanol–water partition coefficient (Wildman–Crippen LogP) is 2.81. The van der Waals surface area contributed by atoms with Crippen molar-refractivity contribution in [1.82, 2.24) is 0 Å². The molecule has 0 radical (unpaired) electrons. The molecule has 1 aliphatic carbocycles. The maximum Gasteiger partial charge on any atom is 0.323 e. The van der Waals surface area contributed by atoms with Crippen LogP contribution >= 0.6 is 12.4 Å². The summed E-state index contributed by atoms with van der Waals surface area (Å²) < 4.78 is 5.30. The lowest BCUT2D eigenvalue weighted by Gasteiger charge is -2.22. The number of carbonyl (C=O) groups is 1. The van der Waals surface area contributed by atoms with Gasteiger partial charge in [-0.15, -0.1) is 12.4 Å². The van der Waals surface area contributed by atoms with Gasteiger partial charge in [0.05, 0.1) is 0 Å². The molecule has 0 spiro atoms. The van der Waals surface area contributed by atoms with Crippen molar-refractivity contribution >= 4 is 18.4 Å². The van der Waals surface area contributed by atoms with E-state index in [0.717, 1.165) is 12.0 Å². The first-order chi connectivity index (χ1) is 8.85. The third-order valence-electron chi connectivity index (χ3n) is 3.33. The Kier molecular flexibility index (Phi) is 5.60. The summed E-state index contributed by atoms with van der Waals surface area (Å²) >= 11 is 0. The molecule has 1 aromatic carbocycles. The summed E-state index contributed by atoms with van der Waals surface area (Å²) in [6, 6.07) is 5.85. The summed E-state index contributed by atoms with van der Waals surface area (Å²) in [6.07, 6.45) is 4.09. The molecule has 1 aliphatic rings. The second kappa shape index (κ2) is 6.59. The Hall–Kier alpha value is -1.06. The quantitative estimate of drug-likeness (QED) is 0.873. The van der Waals surface area contributed by atoms with Crippen LogP contribution in [0.4, 0.5) is 0 Å². The Balaban J connectivity index is 0.00000200. The number of carbonyl (C=O) groups excluding carboxylic acids is 1. The third-order valence-corrected chi connectivity index (χ3v) is 3.33. The molecule has 1 atom stereocenters. The minimum absolute atomic E-state index is 0. The predicted molar refractivity (Wildman–Crippen MR) is 83.2 cm³/mol. The Bertz CT molecular complexity index is 480. The number of nitrogens with two attached hydrogens (primary N) is 1. The van der Waals surface area contributed by atoms with Crippen LogP contribution in [0, 0.1) is 0 Å². The molecule has 0 bridgehead atoms. The minimum Gasteiger partial charge on any atom is -0.459 e. The number of halogens is 1. The van der Waals surface area contributed by atoms with E-state index in [4.69, 9.17) is 10.5 Å². The van der Waals surface area contributed by atoms with Crippen LogP contribution in [-0.4, -0.2) is 17.6 Å². The first-order valence-corrected chi connectivity index (χ1v) is 6.94. The molecule has 1 aromatic rings. The van der Waals surface area contributed by atoms with E-state index in [2.05, 4.69) is 18.2 Å². The summed E-state index contributed by atoms with van der Waals surface area (Å²) in [6.45, 7) is 5.56. The summed E-state index contributed by atoms with van der Waals surface area (Å²) in [5.74, 6) is -0.326. The molecule has 0 amide bonds. The van der Waals surface area contributed by atoms with Gasteiger partial charge in [0.15, 0.2) is 0 Å². The van der Waals surface area contributed by atoms with Gasteiger partial charge in [-0.3, -0.25) is 4.79 Å². The lowest BCUT2D eigenvalue weighted by Crippen LogP contribution is -2.38. The molecule has 112 valence electrons. The zero-order valence-corrected chi connectivity index (χ0v) is 13.3. The van der Waals surface area contributed by atoms with E-state index >= 15 is 0 Å². The van der Waals surface area contributed by atoms with Crippen LogP contribution in [0.5, 0.6) is 0 Å². The molecular weight excluding hydrogens is 274 g/mol. The molecule has 20 heavy (non-hydrogen) atoms. The van der Waals surface area contributed by atoms with Crippen molar-refractivity contribution in [2.45, 2.75) is 58.1 Å². The Labute approximate surface area is 127 Å². The molecule has 0 aliphatic heterocycles. The Morgan fingerprint density at radius 1 is 1.30 bits per heavy atom. The lowest BCUT2D eigenvalue weighted by atomic mass is 10.0. The number of rotatable bonds is 3. The van der Waals surface area contributed by atoms with E-state index in [1.807, 2.05) is 20.8 Å². The van der Waals surface area contributed by atoms with Gasteiger partial charge in [0.2, 0.25) is 0 Å². The first-order valence-electron chi connectivity index (χ1n) is 6.94. The van der Waals surface area contributed by atoms with Crippen LogP contribution in [0.15, 0.2) is 18.2 Å². The minimum atomic E-state index is -0.585. The van der Waals surface area contributed by atoms with Crippen LogP contribution < -0.4 is 5.73 Å². The molecule has 0 saturated carbocycles. The van der Waals surface area contributed by atoms with E-state index in [9.17, 15) is 4.79 Å². The van der Waals surface area contributed by atoms with Crippen LogP contribution in [0.3, 0.4) is 0 Å². The molecule has 4 heteroatoms. The van der Waals surface area contributed by atoms with E-state index in [-0.39, 0.29) is 18.4 Å². The molecule has 0 aromatic heterocycles. The van der Waals surface area contributed by atoms with E-state index in [1.54, 1.807) is 0 Å². The van der Waals surface area contributed by atoms with Crippen molar-refractivity contribution in [1.29, 1.82) is 0 Å². The van der Waals surface area contributed by atoms with Gasteiger partial charge in [-0.1, -0.05) is 18.2 Å². The standard InChI is InChI=1S/C16H23NO2.ClH/c1-16(2,3)19-15(18)14(17)10-11-7-8-12-5-4-6-13(12)9-11;/h7-9,14H,4-6,10,17H2,1-3H3;1H/t14-;/m0./s1. The van der Waals surface area contributed by atoms with E-state index in [0.29, 0.717) is 6.42 Å². The van der Waals surface area contributed by atoms with Crippen LogP contribution in [0.2, 0.25) is 0 Å². The number of esters is 1. The maximum absolute atomic E-state index is 11.8. The van der Waals surface area contributed by atoms with Gasteiger partial charge in [-0.05, 0) is 63.1 Å². The second-order valence-electron chi connectivity index (χ2n) is 6.30. The average Bonchev–Trinajstić information content (AvgIpc) is 2.73. The van der Waals surface area contributed by atoms with Crippen LogP contribution in [-0.2, 0) is 28.8 Å². The topological polar surface area (TPSA) is 52.3 Å². The van der Waals surface area contributed by atoms with E-state index in [1.165, 1.54) is 24.0 Å². The fourth-order valence-electron chi connectivity index (χ4n) is 2.47. The lowest BCUT2D eigenvalue weighted by molar-refractivity contribution is -0.156. The zero-order valence-electron chi connectivity index (χ0n) is 12.4. The van der Waals surface area contributed by atoms with Crippen molar-refractivity contribution in [2.75, 3.05) is 0 Å². The highest BCUT2D eigenvalue weighted by Gasteiger charge is 2.22. The van der Waals surface area contributed by atoms with Gasteiger partial charge in [0, 0.05) is 0 Å². The summed E-state index contributed by atoms with van der Waals surface area (Å²) in [5.41, 5.74) is 9.42. The fourth-order valence-corrected chi connectivity index (χ4v) is 2.47. The first kappa shape index (κ1) is 17.0. The molecule has 0 saturated heterocycles. The van der Waals surface area contributed by atoms with Gasteiger partial charge in [0.1, 0.15) is 11.6 Å². The van der Waals surface area contributed by atoms with Gasteiger partial charge >= 0.3 is 5.97 Å². The van der Waals surface area contributed by atoms with Gasteiger partial charge in [0.25, 0.3) is 0 Å². The number of fused-ring (bicyclic) bond motifs is 1. The highest BCUT2D eigenvalue weighted by atomic mass is 35.5. The maximum atomic E-state index is 11.8. The zero-order chi connectivity index (χ0) is 14.0. The van der Waals surface area contributed by atoms with Gasteiger partial charge in [-0.2, -0.15) is 0 Å². The van der Waals surface area contributed by atoms with Crippen molar-refractivity contribution < 1.29 is 9.53 Å². The highest BCUT2D eigenvalue weighted by Crippen LogP contribution is 2.23. The molecule has 0 fully saturated rings. The number of hydrogen-bond acceptors (Lipinski definition) is 3. The Morgan fingerprint density at radius 3 is 2.60 bits per heavy atom. The summed E-state index contributed by atoms with van der Waals surface area (Å²) in [7, 11) is 0. The average molecular weight is 298 g/mol. The smallest absolute Gasteiger partial charge is 0.323 e. The SMILES string of the molecule is CC(C)(C)OC(=O)[C@@H](N)Cc1ccc2c(c1)CCC2.Cl. The second-order valence-corrected chi connectivity index (χ2v) is 6.30. The van der Waals surface area contributed by atoms with E-state index < -0.39 is 11.6 Å². The molecule has 2 N–H and O–H groups in total. The number of ether oxygens (including phenoxy) is 1. The molecule has 0 unspecified atom stereocenters. The highest BCUT2D eigenvalue weighted by molar-refractivity contribution is 5.85. The largest absolute Gasteiger partial charge is 0.459 e. The molecule has 0 heterocycles. The number of hydrogen-bond donors (Lipinski definition) is 1. The Morgan fingerprint density at radius 2 is 1.95 bits per heavy atom. The molecular formula is C16H24ClNO2. The monoisotopic (exact) mass is 297 g/mol. The van der Waals surface area contributed by atoms with Crippen molar-refractivity contribution in [3.05, 3.63) is 34.9 Å². The van der Waals surface area contributed by atoms with Crippen molar-refractivity contribution in [2.24, 2.45) is 5.73 Å². The van der Waals surface area contributed by atoms with Crippen LogP contribution in [0.1, 0.15) is 43.9 Å². The van der Waals surface area contributed by atoms with Gasteiger partial charge in [-0.25, -0.2) is 0 Å². The normalized spacial score (nSPS) is 15.2. The van der Waals surface area contributed by atoms with Crippen molar-refractivity contribution in [3.8, 4) is 0 Å². The summed E-state index contributed by atoms with van der Waals surface area (Å²) in [5, 5.41) is 0. The third kappa shape index (κ3) is 4.50. The van der Waals surface area contributed by atoms with Gasteiger partial charge < -0.3 is 10.5 Å². The molecule has 2 rings (SSSR count). The fraction of sp³-hybridized carbons (Fsp3) is 0.562. The summed E-state index contributed by atoms with van der Waals surface area (Å²) in [4.78, 5) is 11.8. The molecule has 3 nitrogen and oxygen atoms in total.